The first-order valence-electron chi connectivity index (χ1n) is 2.27. The second-order valence-electron chi connectivity index (χ2n) is 1.23. The molecule has 0 radical (unpaired) electrons. The molecule has 0 bridgehead atoms. The molecule has 0 aliphatic rings. The van der Waals surface area contributed by atoms with Crippen LogP contribution in [-0.4, -0.2) is 34.4 Å². The van der Waals surface area contributed by atoms with Crippen LogP contribution in [0.2, 0.25) is 0 Å². The molecule has 5 nitrogen and oxygen atoms in total. The molecular formula is C4H9NO4S. The van der Waals surface area contributed by atoms with Crippen LogP contribution in [0.4, 0.5) is 0 Å². The number of nitrogens with two attached hydrogens (primary N) is 1. The highest BCUT2D eigenvalue weighted by molar-refractivity contribution is 7.80. The van der Waals surface area contributed by atoms with Crippen LogP contribution in [0.1, 0.15) is 0 Å². The molecule has 60 valence electrons. The zero-order valence-corrected chi connectivity index (χ0v) is 5.99. The van der Waals surface area contributed by atoms with Gasteiger partial charge in [-0.2, -0.15) is 12.6 Å². The molecule has 0 spiro atoms. The van der Waals surface area contributed by atoms with Crippen LogP contribution in [-0.2, 0) is 9.59 Å². The minimum atomic E-state index is -1.00. The van der Waals surface area contributed by atoms with E-state index in [2.05, 4.69) is 12.6 Å². The van der Waals surface area contributed by atoms with Gasteiger partial charge in [-0.05, 0) is 0 Å². The van der Waals surface area contributed by atoms with Crippen molar-refractivity contribution in [1.82, 2.24) is 0 Å². The zero-order valence-electron chi connectivity index (χ0n) is 5.10. The first kappa shape index (κ1) is 12.0. The summed E-state index contributed by atoms with van der Waals surface area (Å²) in [6.07, 6.45) is 0. The summed E-state index contributed by atoms with van der Waals surface area (Å²) in [5, 5.41) is 14.9. The molecule has 0 saturated heterocycles. The lowest BCUT2D eigenvalue weighted by molar-refractivity contribution is -0.137. The number of thiol groups is 1. The highest BCUT2D eigenvalue weighted by Crippen LogP contribution is 1.80. The van der Waals surface area contributed by atoms with Gasteiger partial charge in [0.2, 0.25) is 0 Å². The maximum Gasteiger partial charge on any atom is 0.321 e. The summed E-state index contributed by atoms with van der Waals surface area (Å²) in [7, 11) is 0. The Morgan fingerprint density at radius 2 is 2.10 bits per heavy atom. The van der Waals surface area contributed by atoms with Crippen molar-refractivity contribution in [2.24, 2.45) is 5.73 Å². The second kappa shape index (κ2) is 8.25. The van der Waals surface area contributed by atoms with E-state index in [1.165, 1.54) is 0 Å². The van der Waals surface area contributed by atoms with Crippen LogP contribution in [0.5, 0.6) is 0 Å². The zero-order chi connectivity index (χ0) is 8.57. The fraction of sp³-hybridized carbons (Fsp3) is 0.500. The van der Waals surface area contributed by atoms with Gasteiger partial charge in [0.05, 0.1) is 0 Å². The van der Waals surface area contributed by atoms with Gasteiger partial charge in [-0.25, -0.2) is 0 Å². The molecule has 0 aliphatic heterocycles. The third kappa shape index (κ3) is 10.3. The summed E-state index contributed by atoms with van der Waals surface area (Å²) >= 11 is 3.65. The minimum Gasteiger partial charge on any atom is -0.483 e. The Kier molecular flexibility index (Phi) is 9.88. The van der Waals surface area contributed by atoms with Crippen LogP contribution < -0.4 is 5.73 Å². The average Bonchev–Trinajstić information content (AvgIpc) is 1.88. The molecule has 10 heavy (non-hydrogen) atoms. The predicted molar refractivity (Wildman–Crippen MR) is 38.2 cm³/mol. The smallest absolute Gasteiger partial charge is 0.321 e. The van der Waals surface area contributed by atoms with Crippen LogP contribution >= 0.6 is 12.6 Å². The molecule has 0 aromatic carbocycles. The molecular weight excluding hydrogens is 158 g/mol. The lowest BCUT2D eigenvalue weighted by Gasteiger charge is -1.96. The van der Waals surface area contributed by atoms with Gasteiger partial charge in [0.1, 0.15) is 6.04 Å². The van der Waals surface area contributed by atoms with E-state index < -0.39 is 12.0 Å². The Balaban J connectivity index is 0. The van der Waals surface area contributed by atoms with Gasteiger partial charge in [-0.1, -0.05) is 0 Å². The third-order valence-electron chi connectivity index (χ3n) is 0.514. The lowest BCUT2D eigenvalue weighted by atomic mass is 10.4. The highest BCUT2D eigenvalue weighted by atomic mass is 32.1. The average molecular weight is 167 g/mol. The van der Waals surface area contributed by atoms with E-state index in [9.17, 15) is 4.79 Å². The van der Waals surface area contributed by atoms with E-state index >= 15 is 0 Å². The molecule has 1 unspecified atom stereocenters. The molecule has 4 N–H and O–H groups in total. The van der Waals surface area contributed by atoms with Crippen LogP contribution in [0, 0.1) is 0 Å². The summed E-state index contributed by atoms with van der Waals surface area (Å²) in [6.45, 7) is -0.250. The van der Waals surface area contributed by atoms with E-state index in [4.69, 9.17) is 20.7 Å². The number of hydrogen-bond acceptors (Lipinski definition) is 4. The standard InChI is InChI=1S/C3H7NO2S.CH2O2/c4-2(1-7)3(5)6;2-1-3/h2,7H,1,4H2,(H,5,6);1H,(H,2,3). The molecule has 0 fully saturated rings. The molecule has 0 rings (SSSR count). The first-order valence-corrected chi connectivity index (χ1v) is 2.90. The molecule has 1 atom stereocenters. The van der Waals surface area contributed by atoms with Crippen molar-refractivity contribution in [3.8, 4) is 0 Å². The first-order chi connectivity index (χ1) is 4.59. The number of rotatable bonds is 2. The van der Waals surface area contributed by atoms with Gasteiger partial charge < -0.3 is 15.9 Å². The predicted octanol–water partition coefficient (Wildman–Crippen LogP) is -0.971. The SMILES string of the molecule is NC(CS)C(=O)O.O=CO. The lowest BCUT2D eigenvalue weighted by Crippen LogP contribution is -2.31. The van der Waals surface area contributed by atoms with E-state index in [0.717, 1.165) is 0 Å². The van der Waals surface area contributed by atoms with Crippen LogP contribution in [0.15, 0.2) is 0 Å². The van der Waals surface area contributed by atoms with Crippen molar-refractivity contribution in [1.29, 1.82) is 0 Å². The summed E-state index contributed by atoms with van der Waals surface area (Å²) in [5.41, 5.74) is 4.94. The van der Waals surface area contributed by atoms with Gasteiger partial charge in [-0.3, -0.25) is 9.59 Å². The maximum absolute atomic E-state index is 9.76. The van der Waals surface area contributed by atoms with Crippen molar-refractivity contribution < 1.29 is 19.8 Å². The summed E-state index contributed by atoms with van der Waals surface area (Å²) < 4.78 is 0. The Hall–Kier alpha value is -0.750. The maximum atomic E-state index is 9.76. The third-order valence-corrected chi connectivity index (χ3v) is 0.907. The van der Waals surface area contributed by atoms with Crippen molar-refractivity contribution >= 4 is 25.1 Å². The highest BCUT2D eigenvalue weighted by Gasteiger charge is 2.06. The van der Waals surface area contributed by atoms with Gasteiger partial charge >= 0.3 is 5.97 Å². The summed E-state index contributed by atoms with van der Waals surface area (Å²) in [5.74, 6) is -0.815. The van der Waals surface area contributed by atoms with E-state index in [-0.39, 0.29) is 12.2 Å². The van der Waals surface area contributed by atoms with Crippen molar-refractivity contribution in [2.45, 2.75) is 6.04 Å². The number of hydrogen-bond donors (Lipinski definition) is 4. The summed E-state index contributed by atoms with van der Waals surface area (Å²) in [6, 6.07) is -0.816. The Morgan fingerprint density at radius 3 is 2.10 bits per heavy atom. The van der Waals surface area contributed by atoms with Crippen molar-refractivity contribution in [2.75, 3.05) is 5.75 Å². The van der Waals surface area contributed by atoms with Gasteiger partial charge in [-0.15, -0.1) is 0 Å². The monoisotopic (exact) mass is 167 g/mol. The Labute approximate surface area is 63.2 Å². The molecule has 0 heterocycles. The van der Waals surface area contributed by atoms with E-state index in [0.29, 0.717) is 0 Å². The number of carboxylic acids is 1. The Bertz CT molecular complexity index is 107. The molecule has 0 aromatic heterocycles. The van der Waals surface area contributed by atoms with E-state index in [1.54, 1.807) is 0 Å². The molecule has 6 heteroatoms. The number of carboxylic acid groups (broad SMARTS) is 2. The topological polar surface area (TPSA) is 101 Å². The quantitative estimate of drug-likeness (QED) is 0.313. The van der Waals surface area contributed by atoms with Crippen LogP contribution in [0.3, 0.4) is 0 Å². The normalized spacial score (nSPS) is 10.6. The van der Waals surface area contributed by atoms with Gasteiger partial charge in [0.25, 0.3) is 6.47 Å². The molecule has 0 saturated carbocycles. The molecule has 0 aromatic rings. The number of carbonyl (C=O) groups is 2. The van der Waals surface area contributed by atoms with Crippen molar-refractivity contribution in [3.63, 3.8) is 0 Å². The van der Waals surface area contributed by atoms with Gasteiger partial charge in [0.15, 0.2) is 0 Å². The molecule has 0 aliphatic carbocycles. The van der Waals surface area contributed by atoms with Crippen LogP contribution in [0.25, 0.3) is 0 Å². The molecule has 0 amide bonds. The van der Waals surface area contributed by atoms with E-state index in [1.807, 2.05) is 0 Å². The summed E-state index contributed by atoms with van der Waals surface area (Å²) in [4.78, 5) is 18.1. The fourth-order valence-electron chi connectivity index (χ4n) is 0.0781. The fourth-order valence-corrected chi connectivity index (χ4v) is 0.234. The Morgan fingerprint density at radius 1 is 1.80 bits per heavy atom. The second-order valence-corrected chi connectivity index (χ2v) is 1.60. The van der Waals surface area contributed by atoms with Crippen molar-refractivity contribution in [3.05, 3.63) is 0 Å². The largest absolute Gasteiger partial charge is 0.483 e. The van der Waals surface area contributed by atoms with Gasteiger partial charge in [0, 0.05) is 5.75 Å². The number of aliphatic carboxylic acids is 1. The minimum absolute atomic E-state index is 0.190.